The minimum atomic E-state index is -0.236. The summed E-state index contributed by atoms with van der Waals surface area (Å²) < 4.78 is 13.9. The number of benzene rings is 1. The minimum Gasteiger partial charge on any atom is -0.313 e. The number of hydrogen-bond acceptors (Lipinski definition) is 1. The smallest absolute Gasteiger partial charge is 0.124 e. The molecule has 0 aliphatic heterocycles. The lowest BCUT2D eigenvalue weighted by atomic mass is 10.0. The first-order chi connectivity index (χ1) is 7.17. The zero-order valence-electron chi connectivity index (χ0n) is 8.56. The molecule has 1 unspecified atom stereocenters. The van der Waals surface area contributed by atoms with Crippen LogP contribution in [0, 0.1) is 18.2 Å². The minimum absolute atomic E-state index is 0.105. The molecule has 1 nitrogen and oxygen atoms in total. The van der Waals surface area contributed by atoms with E-state index in [9.17, 15) is 4.39 Å². The molecule has 0 saturated heterocycles. The molecule has 0 fully saturated rings. The summed E-state index contributed by atoms with van der Waals surface area (Å²) in [6, 6.07) is 4.98. The van der Waals surface area contributed by atoms with Crippen LogP contribution in [0.15, 0.2) is 22.7 Å². The van der Waals surface area contributed by atoms with Crippen LogP contribution in [0.1, 0.15) is 24.4 Å². The van der Waals surface area contributed by atoms with E-state index in [1.165, 1.54) is 12.1 Å². The summed E-state index contributed by atoms with van der Waals surface area (Å²) in [5.74, 6) is 2.35. The van der Waals surface area contributed by atoms with Crippen LogP contribution >= 0.6 is 15.9 Å². The zero-order valence-corrected chi connectivity index (χ0v) is 10.1. The van der Waals surface area contributed by atoms with Crippen molar-refractivity contribution in [2.75, 3.05) is 7.05 Å². The van der Waals surface area contributed by atoms with Gasteiger partial charge in [-0.2, -0.15) is 0 Å². The normalized spacial score (nSPS) is 12.1. The maximum atomic E-state index is 13.1. The topological polar surface area (TPSA) is 12.0 Å². The third-order valence-corrected chi connectivity index (χ3v) is 2.67. The molecule has 0 radical (unpaired) electrons. The van der Waals surface area contributed by atoms with E-state index >= 15 is 0 Å². The molecule has 0 bridgehead atoms. The Bertz CT molecular complexity index is 350. The predicted molar refractivity (Wildman–Crippen MR) is 64.0 cm³/mol. The van der Waals surface area contributed by atoms with E-state index in [-0.39, 0.29) is 11.9 Å². The van der Waals surface area contributed by atoms with Crippen LogP contribution in [-0.4, -0.2) is 7.05 Å². The van der Waals surface area contributed by atoms with Crippen LogP contribution in [0.25, 0.3) is 0 Å². The number of nitrogens with one attached hydrogen (secondary N) is 1. The van der Waals surface area contributed by atoms with E-state index < -0.39 is 0 Å². The summed E-state index contributed by atoms with van der Waals surface area (Å²) in [5, 5.41) is 3.12. The van der Waals surface area contributed by atoms with Gasteiger partial charge in [0.05, 0.1) is 0 Å². The van der Waals surface area contributed by atoms with E-state index in [0.29, 0.717) is 6.42 Å². The van der Waals surface area contributed by atoms with Gasteiger partial charge < -0.3 is 5.32 Å². The maximum Gasteiger partial charge on any atom is 0.124 e. The molecular formula is C12H13BrFN. The van der Waals surface area contributed by atoms with Gasteiger partial charge in [0, 0.05) is 16.9 Å². The summed E-state index contributed by atoms with van der Waals surface area (Å²) in [6.07, 6.45) is 6.70. The molecule has 1 rings (SSSR count). The molecule has 0 spiro atoms. The Kier molecular flexibility index (Phi) is 4.80. The fraction of sp³-hybridized carbons (Fsp3) is 0.333. The molecule has 0 aliphatic rings. The second kappa shape index (κ2) is 5.89. The average molecular weight is 270 g/mol. The van der Waals surface area contributed by atoms with Crippen molar-refractivity contribution in [3.63, 3.8) is 0 Å². The largest absolute Gasteiger partial charge is 0.313 e. The standard InChI is InChI=1S/C12H13BrFN/c1-3-4-5-12(15-2)9-6-10(13)8-11(14)7-9/h1,6-8,12,15H,4-5H2,2H3. The molecule has 0 aromatic heterocycles. The Hall–Kier alpha value is -0.850. The van der Waals surface area contributed by atoms with Crippen LogP contribution in [0.2, 0.25) is 0 Å². The highest BCUT2D eigenvalue weighted by molar-refractivity contribution is 9.10. The summed E-state index contributed by atoms with van der Waals surface area (Å²) in [4.78, 5) is 0. The third kappa shape index (κ3) is 3.65. The van der Waals surface area contributed by atoms with E-state index in [0.717, 1.165) is 16.5 Å². The molecule has 1 aromatic carbocycles. The Morgan fingerprint density at radius 3 is 2.80 bits per heavy atom. The van der Waals surface area contributed by atoms with E-state index in [2.05, 4.69) is 27.2 Å². The van der Waals surface area contributed by atoms with Crippen molar-refractivity contribution in [3.8, 4) is 12.3 Å². The van der Waals surface area contributed by atoms with Crippen molar-refractivity contribution >= 4 is 15.9 Å². The van der Waals surface area contributed by atoms with Crippen LogP contribution in [0.5, 0.6) is 0 Å². The summed E-state index contributed by atoms with van der Waals surface area (Å²) in [7, 11) is 1.85. The van der Waals surface area contributed by atoms with Crippen molar-refractivity contribution < 1.29 is 4.39 Å². The van der Waals surface area contributed by atoms with Gasteiger partial charge in [-0.05, 0) is 37.2 Å². The van der Waals surface area contributed by atoms with Crippen molar-refractivity contribution in [2.24, 2.45) is 0 Å². The molecule has 15 heavy (non-hydrogen) atoms. The van der Waals surface area contributed by atoms with Gasteiger partial charge in [-0.25, -0.2) is 4.39 Å². The number of terminal acetylenes is 1. The first-order valence-electron chi connectivity index (χ1n) is 4.74. The summed E-state index contributed by atoms with van der Waals surface area (Å²) >= 11 is 3.27. The van der Waals surface area contributed by atoms with Gasteiger partial charge in [0.15, 0.2) is 0 Å². The van der Waals surface area contributed by atoms with Gasteiger partial charge in [0.25, 0.3) is 0 Å². The lowest BCUT2D eigenvalue weighted by Gasteiger charge is -2.15. The predicted octanol–water partition coefficient (Wildman–Crippen LogP) is 3.26. The highest BCUT2D eigenvalue weighted by Crippen LogP contribution is 2.23. The number of halogens is 2. The fourth-order valence-electron chi connectivity index (χ4n) is 1.48. The molecular weight excluding hydrogens is 257 g/mol. The van der Waals surface area contributed by atoms with Gasteiger partial charge in [-0.1, -0.05) is 15.9 Å². The van der Waals surface area contributed by atoms with Gasteiger partial charge in [-0.3, -0.25) is 0 Å². The maximum absolute atomic E-state index is 13.1. The number of hydrogen-bond donors (Lipinski definition) is 1. The molecule has 3 heteroatoms. The molecule has 80 valence electrons. The Morgan fingerprint density at radius 2 is 2.27 bits per heavy atom. The van der Waals surface area contributed by atoms with Gasteiger partial charge in [0.2, 0.25) is 0 Å². The molecule has 0 saturated carbocycles. The van der Waals surface area contributed by atoms with Crippen LogP contribution in [0.4, 0.5) is 4.39 Å². The molecule has 0 heterocycles. The second-order valence-electron chi connectivity index (χ2n) is 3.29. The van der Waals surface area contributed by atoms with Crippen LogP contribution in [0.3, 0.4) is 0 Å². The lowest BCUT2D eigenvalue weighted by molar-refractivity contribution is 0.549. The highest BCUT2D eigenvalue weighted by Gasteiger charge is 2.10. The monoisotopic (exact) mass is 269 g/mol. The van der Waals surface area contributed by atoms with Crippen molar-refractivity contribution in [2.45, 2.75) is 18.9 Å². The van der Waals surface area contributed by atoms with Gasteiger partial charge in [-0.15, -0.1) is 12.3 Å². The summed E-state index contributed by atoms with van der Waals surface area (Å²) in [6.45, 7) is 0. The Labute approximate surface area is 98.2 Å². The second-order valence-corrected chi connectivity index (χ2v) is 4.20. The highest BCUT2D eigenvalue weighted by atomic mass is 79.9. The SMILES string of the molecule is C#CCCC(NC)c1cc(F)cc(Br)c1. The zero-order chi connectivity index (χ0) is 11.3. The van der Waals surface area contributed by atoms with E-state index in [4.69, 9.17) is 6.42 Å². The molecule has 1 N–H and O–H groups in total. The lowest BCUT2D eigenvalue weighted by Crippen LogP contribution is -2.16. The number of rotatable bonds is 4. The van der Waals surface area contributed by atoms with Gasteiger partial charge >= 0.3 is 0 Å². The first kappa shape index (κ1) is 12.2. The van der Waals surface area contributed by atoms with Crippen molar-refractivity contribution in [3.05, 3.63) is 34.1 Å². The Balaban J connectivity index is 2.87. The fourth-order valence-corrected chi connectivity index (χ4v) is 1.96. The molecule has 0 amide bonds. The van der Waals surface area contributed by atoms with Crippen molar-refractivity contribution in [1.29, 1.82) is 0 Å². The first-order valence-corrected chi connectivity index (χ1v) is 5.53. The van der Waals surface area contributed by atoms with E-state index in [1.54, 1.807) is 0 Å². The quantitative estimate of drug-likeness (QED) is 0.828. The molecule has 1 aromatic rings. The third-order valence-electron chi connectivity index (χ3n) is 2.21. The van der Waals surface area contributed by atoms with Crippen molar-refractivity contribution in [1.82, 2.24) is 5.32 Å². The van der Waals surface area contributed by atoms with Crippen LogP contribution < -0.4 is 5.32 Å². The molecule has 0 aliphatic carbocycles. The van der Waals surface area contributed by atoms with Gasteiger partial charge in [0.1, 0.15) is 5.82 Å². The molecule has 1 atom stereocenters. The Morgan fingerprint density at radius 1 is 1.53 bits per heavy atom. The van der Waals surface area contributed by atoms with Crippen LogP contribution in [-0.2, 0) is 0 Å². The van der Waals surface area contributed by atoms with E-state index in [1.807, 2.05) is 13.1 Å². The average Bonchev–Trinajstić information content (AvgIpc) is 2.17. The summed E-state index contributed by atoms with van der Waals surface area (Å²) in [5.41, 5.74) is 0.916.